The molecule has 0 amide bonds. The van der Waals surface area contributed by atoms with Gasteiger partial charge in [-0.1, -0.05) is 33.6 Å². The molecule has 5 heteroatoms. The zero-order valence-electron chi connectivity index (χ0n) is 10.9. The zero-order valence-corrected chi connectivity index (χ0v) is 14.8. The van der Waals surface area contributed by atoms with Crippen molar-refractivity contribution in [1.82, 2.24) is 0 Å². The molecule has 0 fully saturated rings. The van der Waals surface area contributed by atoms with Gasteiger partial charge in [-0.2, -0.15) is 0 Å². The highest BCUT2D eigenvalue weighted by atomic mass is 79.9. The van der Waals surface area contributed by atoms with Gasteiger partial charge in [0.15, 0.2) is 0 Å². The van der Waals surface area contributed by atoms with Crippen LogP contribution in [0, 0.1) is 0 Å². The van der Waals surface area contributed by atoms with Gasteiger partial charge in [-0.05, 0) is 63.8 Å². The Labute approximate surface area is 140 Å². The summed E-state index contributed by atoms with van der Waals surface area (Å²) in [5.74, 6) is 0.844. The number of ether oxygens (including phenoxy) is 1. The third kappa shape index (κ3) is 3.76. The summed E-state index contributed by atoms with van der Waals surface area (Å²) in [6.45, 7) is 0. The minimum absolute atomic E-state index is 0.119. The molecule has 0 saturated carbocycles. The highest BCUT2D eigenvalue weighted by molar-refractivity contribution is 9.10. The maximum absolute atomic E-state index is 6.28. The number of hydrogen-bond acceptors (Lipinski definition) is 2. The number of nitrogens with two attached hydrogens (primary N) is 1. The first-order valence-electron chi connectivity index (χ1n) is 6.04. The standard InChI is InChI=1S/C15H14Br2ClNO/c1-20-15-5-3-11(16)6-10(15)8-14(19)9-2-4-13(18)12(17)7-9/h2-7,14H,8,19H2,1H3. The summed E-state index contributed by atoms with van der Waals surface area (Å²) >= 11 is 12.9. The molecule has 0 heterocycles. The third-order valence-corrected chi connectivity index (χ3v) is 4.76. The quantitative estimate of drug-likeness (QED) is 0.747. The molecule has 1 unspecified atom stereocenters. The van der Waals surface area contributed by atoms with Crippen LogP contribution in [0.2, 0.25) is 5.02 Å². The van der Waals surface area contributed by atoms with Gasteiger partial charge in [-0.25, -0.2) is 0 Å². The van der Waals surface area contributed by atoms with Gasteiger partial charge < -0.3 is 10.5 Å². The summed E-state index contributed by atoms with van der Waals surface area (Å²) in [5, 5.41) is 0.681. The van der Waals surface area contributed by atoms with Crippen LogP contribution in [0.15, 0.2) is 45.3 Å². The van der Waals surface area contributed by atoms with Gasteiger partial charge in [0.1, 0.15) is 5.75 Å². The number of rotatable bonds is 4. The summed E-state index contributed by atoms with van der Waals surface area (Å²) in [4.78, 5) is 0. The Hall–Kier alpha value is -0.550. The van der Waals surface area contributed by atoms with E-state index in [0.717, 1.165) is 25.8 Å². The summed E-state index contributed by atoms with van der Waals surface area (Å²) in [6.07, 6.45) is 0.691. The maximum atomic E-state index is 6.28. The fourth-order valence-corrected chi connectivity index (χ4v) is 2.93. The smallest absolute Gasteiger partial charge is 0.122 e. The molecule has 0 bridgehead atoms. The topological polar surface area (TPSA) is 35.2 Å². The van der Waals surface area contributed by atoms with Gasteiger partial charge in [-0.3, -0.25) is 0 Å². The Balaban J connectivity index is 2.24. The molecular formula is C15H14Br2ClNO. The summed E-state index contributed by atoms with van der Waals surface area (Å²) in [7, 11) is 1.66. The van der Waals surface area contributed by atoms with Crippen LogP contribution in [0.5, 0.6) is 5.75 Å². The normalized spacial score (nSPS) is 12.2. The molecule has 0 aliphatic rings. The van der Waals surface area contributed by atoms with Crippen LogP contribution in [-0.2, 0) is 6.42 Å². The number of halogens is 3. The molecule has 0 radical (unpaired) electrons. The molecule has 2 aromatic carbocycles. The molecule has 0 aromatic heterocycles. The fraction of sp³-hybridized carbons (Fsp3) is 0.200. The summed E-state index contributed by atoms with van der Waals surface area (Å²) < 4.78 is 7.24. The third-order valence-electron chi connectivity index (χ3n) is 3.05. The van der Waals surface area contributed by atoms with Crippen LogP contribution < -0.4 is 10.5 Å². The van der Waals surface area contributed by atoms with E-state index >= 15 is 0 Å². The molecule has 2 nitrogen and oxygen atoms in total. The van der Waals surface area contributed by atoms with Crippen molar-refractivity contribution in [1.29, 1.82) is 0 Å². The van der Waals surface area contributed by atoms with Crippen LogP contribution in [0.4, 0.5) is 0 Å². The molecule has 0 aliphatic heterocycles. The van der Waals surface area contributed by atoms with E-state index < -0.39 is 0 Å². The summed E-state index contributed by atoms with van der Waals surface area (Å²) in [5.41, 5.74) is 8.39. The van der Waals surface area contributed by atoms with Crippen molar-refractivity contribution in [2.45, 2.75) is 12.5 Å². The molecule has 0 aliphatic carbocycles. The molecule has 0 spiro atoms. The Kier molecular flexibility index (Phi) is 5.49. The molecular weight excluding hydrogens is 405 g/mol. The zero-order chi connectivity index (χ0) is 14.7. The first kappa shape index (κ1) is 15.8. The van der Waals surface area contributed by atoms with E-state index in [0.29, 0.717) is 11.4 Å². The molecule has 2 rings (SSSR count). The highest BCUT2D eigenvalue weighted by Gasteiger charge is 2.12. The van der Waals surface area contributed by atoms with E-state index in [1.807, 2.05) is 36.4 Å². The second-order valence-corrected chi connectivity index (χ2v) is 6.62. The van der Waals surface area contributed by atoms with Gasteiger partial charge in [0, 0.05) is 15.0 Å². The fourth-order valence-electron chi connectivity index (χ4n) is 2.00. The van der Waals surface area contributed by atoms with Gasteiger partial charge in [0.05, 0.1) is 12.1 Å². The van der Waals surface area contributed by atoms with E-state index in [2.05, 4.69) is 31.9 Å². The predicted molar refractivity (Wildman–Crippen MR) is 90.5 cm³/mol. The van der Waals surface area contributed by atoms with Crippen molar-refractivity contribution in [3.8, 4) is 5.75 Å². The average Bonchev–Trinajstić information content (AvgIpc) is 2.42. The lowest BCUT2D eigenvalue weighted by atomic mass is 9.99. The first-order chi connectivity index (χ1) is 9.51. The van der Waals surface area contributed by atoms with E-state index in [1.165, 1.54) is 0 Å². The SMILES string of the molecule is COc1ccc(Br)cc1CC(N)c1ccc(Cl)c(Br)c1. The average molecular weight is 420 g/mol. The van der Waals surface area contributed by atoms with Crippen LogP contribution in [0.1, 0.15) is 17.2 Å². The molecule has 1 atom stereocenters. The molecule has 2 N–H and O–H groups in total. The first-order valence-corrected chi connectivity index (χ1v) is 8.00. The number of methoxy groups -OCH3 is 1. The predicted octanol–water partition coefficient (Wildman–Crippen LogP) is 5.12. The van der Waals surface area contributed by atoms with E-state index in [4.69, 9.17) is 22.1 Å². The summed E-state index contributed by atoms with van der Waals surface area (Å²) in [6, 6.07) is 11.5. The van der Waals surface area contributed by atoms with Gasteiger partial charge in [-0.15, -0.1) is 0 Å². The number of hydrogen-bond donors (Lipinski definition) is 1. The largest absolute Gasteiger partial charge is 0.496 e. The molecule has 20 heavy (non-hydrogen) atoms. The highest BCUT2D eigenvalue weighted by Crippen LogP contribution is 2.30. The Morgan fingerprint density at radius 1 is 1.20 bits per heavy atom. The van der Waals surface area contributed by atoms with E-state index in [1.54, 1.807) is 7.11 Å². The lowest BCUT2D eigenvalue weighted by molar-refractivity contribution is 0.408. The molecule has 106 valence electrons. The van der Waals surface area contributed by atoms with Crippen LogP contribution in [0.3, 0.4) is 0 Å². The van der Waals surface area contributed by atoms with Crippen molar-refractivity contribution in [3.05, 3.63) is 61.5 Å². The monoisotopic (exact) mass is 417 g/mol. The molecule has 0 saturated heterocycles. The second kappa shape index (κ2) is 6.94. The van der Waals surface area contributed by atoms with Crippen molar-refractivity contribution in [2.75, 3.05) is 7.11 Å². The Bertz CT molecular complexity index is 619. The van der Waals surface area contributed by atoms with Gasteiger partial charge in [0.25, 0.3) is 0 Å². The molecule has 2 aromatic rings. The van der Waals surface area contributed by atoms with Gasteiger partial charge >= 0.3 is 0 Å². The lowest BCUT2D eigenvalue weighted by Crippen LogP contribution is -2.14. The van der Waals surface area contributed by atoms with E-state index in [9.17, 15) is 0 Å². The van der Waals surface area contributed by atoms with Gasteiger partial charge in [0.2, 0.25) is 0 Å². The van der Waals surface area contributed by atoms with Crippen LogP contribution >= 0.6 is 43.5 Å². The Morgan fingerprint density at radius 3 is 2.60 bits per heavy atom. The second-order valence-electron chi connectivity index (χ2n) is 4.44. The maximum Gasteiger partial charge on any atom is 0.122 e. The van der Waals surface area contributed by atoms with Crippen molar-refractivity contribution < 1.29 is 4.74 Å². The Morgan fingerprint density at radius 2 is 1.95 bits per heavy atom. The minimum atomic E-state index is -0.119. The number of benzene rings is 2. The minimum Gasteiger partial charge on any atom is -0.496 e. The lowest BCUT2D eigenvalue weighted by Gasteiger charge is -2.15. The van der Waals surface area contributed by atoms with E-state index in [-0.39, 0.29) is 6.04 Å². The van der Waals surface area contributed by atoms with Crippen molar-refractivity contribution in [3.63, 3.8) is 0 Å². The van der Waals surface area contributed by atoms with Crippen LogP contribution in [-0.4, -0.2) is 7.11 Å². The van der Waals surface area contributed by atoms with Crippen molar-refractivity contribution >= 4 is 43.5 Å². The van der Waals surface area contributed by atoms with Crippen molar-refractivity contribution in [2.24, 2.45) is 5.73 Å². The van der Waals surface area contributed by atoms with Crippen LogP contribution in [0.25, 0.3) is 0 Å².